The molecule has 0 radical (unpaired) electrons. The van der Waals surface area contributed by atoms with Crippen LogP contribution in [0.5, 0.6) is 5.88 Å². The highest BCUT2D eigenvalue weighted by atomic mass is 16.5. The van der Waals surface area contributed by atoms with Gasteiger partial charge in [0.2, 0.25) is 5.88 Å². The molecule has 5 rings (SSSR count). The predicted octanol–water partition coefficient (Wildman–Crippen LogP) is 2.50. The van der Waals surface area contributed by atoms with Crippen molar-refractivity contribution in [3.05, 3.63) is 76.1 Å². The molecule has 166 valence electrons. The predicted molar refractivity (Wildman–Crippen MR) is 126 cm³/mol. The molecule has 1 aliphatic heterocycles. The average molecular weight is 442 g/mol. The maximum atomic E-state index is 13.1. The molecule has 0 bridgehead atoms. The Morgan fingerprint density at radius 1 is 1.15 bits per heavy atom. The third-order valence-corrected chi connectivity index (χ3v) is 5.44. The fourth-order valence-electron chi connectivity index (χ4n) is 3.96. The Hall–Kier alpha value is -4.40. The van der Waals surface area contributed by atoms with Gasteiger partial charge in [0.05, 0.1) is 24.0 Å². The fraction of sp³-hybridized carbons (Fsp3) is 0.167. The van der Waals surface area contributed by atoms with Crippen molar-refractivity contribution in [2.45, 2.75) is 13.5 Å². The van der Waals surface area contributed by atoms with E-state index in [1.165, 1.54) is 0 Å². The summed E-state index contributed by atoms with van der Waals surface area (Å²) in [4.78, 5) is 34.1. The number of rotatable bonds is 4. The van der Waals surface area contributed by atoms with Gasteiger partial charge in [-0.05, 0) is 30.7 Å². The third kappa shape index (κ3) is 3.63. The quantitative estimate of drug-likeness (QED) is 0.502. The molecule has 3 heterocycles. The van der Waals surface area contributed by atoms with E-state index in [1.54, 1.807) is 4.68 Å². The maximum absolute atomic E-state index is 13.1. The number of benzene rings is 2. The minimum atomic E-state index is -0.350. The number of nitrogens with one attached hydrogen (secondary N) is 1. The van der Waals surface area contributed by atoms with Crippen LogP contribution < -0.4 is 21.3 Å². The van der Waals surface area contributed by atoms with Gasteiger partial charge in [-0.25, -0.2) is 9.67 Å². The molecule has 9 heteroatoms. The normalized spacial score (nSPS) is 13.5. The van der Waals surface area contributed by atoms with Crippen LogP contribution in [0.1, 0.15) is 22.8 Å². The Balaban J connectivity index is 1.56. The van der Waals surface area contributed by atoms with Gasteiger partial charge in [-0.1, -0.05) is 36.4 Å². The first-order valence-corrected chi connectivity index (χ1v) is 10.6. The van der Waals surface area contributed by atoms with E-state index in [0.717, 1.165) is 11.1 Å². The summed E-state index contributed by atoms with van der Waals surface area (Å²) in [6.07, 6.45) is 3.76. The van der Waals surface area contributed by atoms with Crippen molar-refractivity contribution >= 4 is 28.8 Å². The molecule has 1 aliphatic rings. The van der Waals surface area contributed by atoms with Gasteiger partial charge < -0.3 is 15.8 Å². The summed E-state index contributed by atoms with van der Waals surface area (Å²) in [6, 6.07) is 15.1. The Bertz CT molecular complexity index is 1470. The van der Waals surface area contributed by atoms with Crippen LogP contribution in [0.4, 0.5) is 5.82 Å². The Morgan fingerprint density at radius 2 is 2.00 bits per heavy atom. The van der Waals surface area contributed by atoms with Crippen LogP contribution in [0, 0.1) is 0 Å². The molecular weight excluding hydrogens is 420 g/mol. The van der Waals surface area contributed by atoms with Crippen molar-refractivity contribution in [2.24, 2.45) is 0 Å². The molecule has 4 aromatic rings. The second kappa shape index (κ2) is 8.27. The highest BCUT2D eigenvalue weighted by molar-refractivity contribution is 6.01. The summed E-state index contributed by atoms with van der Waals surface area (Å²) < 4.78 is 9.15. The van der Waals surface area contributed by atoms with Crippen molar-refractivity contribution in [2.75, 3.05) is 18.9 Å². The van der Waals surface area contributed by atoms with E-state index in [0.29, 0.717) is 36.5 Å². The molecule has 0 atom stereocenters. The third-order valence-electron chi connectivity index (χ3n) is 5.44. The number of para-hydroxylation sites is 1. The van der Waals surface area contributed by atoms with E-state index >= 15 is 0 Å². The lowest BCUT2D eigenvalue weighted by atomic mass is 10.1. The fourth-order valence-corrected chi connectivity index (χ4v) is 3.96. The number of nitrogens with two attached hydrogens (primary N) is 1. The molecule has 33 heavy (non-hydrogen) atoms. The van der Waals surface area contributed by atoms with E-state index in [1.807, 2.05) is 72.4 Å². The molecule has 0 fully saturated rings. The lowest BCUT2D eigenvalue weighted by Crippen LogP contribution is -2.25. The number of allylic oxidation sites excluding steroid dienone is 1. The summed E-state index contributed by atoms with van der Waals surface area (Å²) in [6.45, 7) is 2.93. The lowest BCUT2D eigenvalue weighted by Gasteiger charge is -2.11. The molecular formula is C24H22N6O3. The molecule has 3 N–H and O–H groups in total. The van der Waals surface area contributed by atoms with Gasteiger partial charge in [-0.3, -0.25) is 14.3 Å². The highest BCUT2D eigenvalue weighted by Gasteiger charge is 2.23. The monoisotopic (exact) mass is 442 g/mol. The van der Waals surface area contributed by atoms with Gasteiger partial charge in [0.1, 0.15) is 18.0 Å². The first-order chi connectivity index (χ1) is 16.1. The minimum absolute atomic E-state index is 0.0595. The number of fused-ring (bicyclic) bond motifs is 2. The number of anilines is 1. The molecule has 0 unspecified atom stereocenters. The van der Waals surface area contributed by atoms with Gasteiger partial charge in [0, 0.05) is 11.8 Å². The van der Waals surface area contributed by atoms with E-state index in [-0.39, 0.29) is 28.7 Å². The molecule has 2 aromatic carbocycles. The molecule has 0 spiro atoms. The van der Waals surface area contributed by atoms with E-state index in [2.05, 4.69) is 15.3 Å². The van der Waals surface area contributed by atoms with Gasteiger partial charge >= 0.3 is 0 Å². The molecule has 9 nitrogen and oxygen atoms in total. The van der Waals surface area contributed by atoms with Crippen molar-refractivity contribution < 1.29 is 9.53 Å². The van der Waals surface area contributed by atoms with Gasteiger partial charge in [-0.2, -0.15) is 4.98 Å². The zero-order valence-corrected chi connectivity index (χ0v) is 18.0. The largest absolute Gasteiger partial charge is 0.475 e. The summed E-state index contributed by atoms with van der Waals surface area (Å²) >= 11 is 0. The van der Waals surface area contributed by atoms with Crippen LogP contribution in [-0.2, 0) is 6.54 Å². The zero-order chi connectivity index (χ0) is 22.9. The first kappa shape index (κ1) is 20.5. The average Bonchev–Trinajstić information content (AvgIpc) is 2.95. The second-order valence-corrected chi connectivity index (χ2v) is 7.62. The summed E-state index contributed by atoms with van der Waals surface area (Å²) in [5.74, 6) is 0.229. The lowest BCUT2D eigenvalue weighted by molar-refractivity contribution is 0.0957. The smallest absolute Gasteiger partial charge is 0.275 e. The number of amides is 1. The molecule has 0 saturated heterocycles. The maximum Gasteiger partial charge on any atom is 0.275 e. The van der Waals surface area contributed by atoms with Crippen molar-refractivity contribution in [3.8, 4) is 17.3 Å². The molecule has 1 amide bonds. The summed E-state index contributed by atoms with van der Waals surface area (Å²) in [7, 11) is 0. The number of hydrogen-bond acceptors (Lipinski definition) is 6. The SMILES string of the molecule is CC=Cn1c2ccccc2c(=O)n1Cc1cccc(-c2nc(N)c3c(n2)OCCNC3=O)c1. The number of hydrogen-bond donors (Lipinski definition) is 2. The Kier molecular flexibility index (Phi) is 5.14. The van der Waals surface area contributed by atoms with Gasteiger partial charge in [-0.15, -0.1) is 0 Å². The van der Waals surface area contributed by atoms with Crippen molar-refractivity contribution in [1.82, 2.24) is 24.6 Å². The number of carbonyl (C=O) groups excluding carboxylic acids is 1. The Labute approximate surface area is 189 Å². The van der Waals surface area contributed by atoms with Crippen LogP contribution in [0.2, 0.25) is 0 Å². The topological polar surface area (TPSA) is 117 Å². The summed E-state index contributed by atoms with van der Waals surface area (Å²) in [5.41, 5.74) is 8.58. The number of ether oxygens (including phenoxy) is 1. The van der Waals surface area contributed by atoms with Crippen LogP contribution >= 0.6 is 0 Å². The van der Waals surface area contributed by atoms with Gasteiger partial charge in [0.25, 0.3) is 11.5 Å². The highest BCUT2D eigenvalue weighted by Crippen LogP contribution is 2.27. The standard InChI is InChI=1S/C24H22N6O3/c1-2-11-29-18-9-4-3-8-17(18)24(32)30(29)14-15-6-5-7-16(13-15)21-27-20(25)19-22(31)26-10-12-33-23(19)28-21/h2-9,11,13H,10,12,14H2,1H3,(H,26,31)(H2,25,27,28). The molecule has 2 aromatic heterocycles. The van der Waals surface area contributed by atoms with E-state index < -0.39 is 0 Å². The summed E-state index contributed by atoms with van der Waals surface area (Å²) in [5, 5.41) is 3.36. The van der Waals surface area contributed by atoms with E-state index in [9.17, 15) is 9.59 Å². The van der Waals surface area contributed by atoms with Crippen LogP contribution in [0.15, 0.2) is 59.4 Å². The molecule has 0 saturated carbocycles. The molecule has 0 aliphatic carbocycles. The van der Waals surface area contributed by atoms with E-state index in [4.69, 9.17) is 10.5 Å². The number of carbonyl (C=O) groups is 1. The van der Waals surface area contributed by atoms with Crippen molar-refractivity contribution in [1.29, 1.82) is 0 Å². The Morgan fingerprint density at radius 3 is 2.85 bits per heavy atom. The van der Waals surface area contributed by atoms with Crippen LogP contribution in [-0.4, -0.2) is 38.4 Å². The number of aromatic nitrogens is 4. The zero-order valence-electron chi connectivity index (χ0n) is 18.0. The van der Waals surface area contributed by atoms with Crippen LogP contribution in [0.25, 0.3) is 28.5 Å². The van der Waals surface area contributed by atoms with Gasteiger partial charge in [0.15, 0.2) is 5.82 Å². The number of nitrogen functional groups attached to an aromatic ring is 1. The first-order valence-electron chi connectivity index (χ1n) is 10.6. The number of nitrogens with zero attached hydrogens (tertiary/aromatic N) is 4. The van der Waals surface area contributed by atoms with Crippen LogP contribution in [0.3, 0.4) is 0 Å². The second-order valence-electron chi connectivity index (χ2n) is 7.62. The van der Waals surface area contributed by atoms with Crippen molar-refractivity contribution in [3.63, 3.8) is 0 Å². The minimum Gasteiger partial charge on any atom is -0.475 e.